The molecule has 2 aliphatic heterocycles. The molecule has 0 spiro atoms. The summed E-state index contributed by atoms with van der Waals surface area (Å²) in [5.74, 6) is 0.0454. The number of hydrogen-bond donors (Lipinski definition) is 1. The zero-order valence-corrected chi connectivity index (χ0v) is 15.8. The SMILES string of the molecule is N#CCC1CCN(c2ccc(N3C[C@H](CCS(=O)(=O)O)OC3=O)cc2)CC1. The number of rotatable bonds is 6. The lowest BCUT2D eigenvalue weighted by atomic mass is 9.94. The van der Waals surface area contributed by atoms with E-state index < -0.39 is 28.1 Å². The summed E-state index contributed by atoms with van der Waals surface area (Å²) in [5.41, 5.74) is 1.77. The summed E-state index contributed by atoms with van der Waals surface area (Å²) in [4.78, 5) is 15.8. The highest BCUT2D eigenvalue weighted by molar-refractivity contribution is 7.85. The van der Waals surface area contributed by atoms with Crippen LogP contribution in [0.1, 0.15) is 25.7 Å². The molecule has 8 nitrogen and oxygen atoms in total. The van der Waals surface area contributed by atoms with Gasteiger partial charge in [-0.05, 0) is 43.0 Å². The summed E-state index contributed by atoms with van der Waals surface area (Å²) in [6.45, 7) is 2.08. The van der Waals surface area contributed by atoms with Gasteiger partial charge in [0.15, 0.2) is 0 Å². The van der Waals surface area contributed by atoms with Gasteiger partial charge in [0.2, 0.25) is 0 Å². The molecule has 2 fully saturated rings. The number of anilines is 2. The average Bonchev–Trinajstić information content (AvgIpc) is 3.01. The lowest BCUT2D eigenvalue weighted by Crippen LogP contribution is -2.33. The van der Waals surface area contributed by atoms with Gasteiger partial charge in [0.25, 0.3) is 10.1 Å². The van der Waals surface area contributed by atoms with Gasteiger partial charge < -0.3 is 9.64 Å². The van der Waals surface area contributed by atoms with Gasteiger partial charge in [-0.15, -0.1) is 0 Å². The molecule has 3 rings (SSSR count). The van der Waals surface area contributed by atoms with Crippen LogP contribution >= 0.6 is 0 Å². The van der Waals surface area contributed by atoms with Crippen LogP contribution in [0.15, 0.2) is 24.3 Å². The van der Waals surface area contributed by atoms with Crippen LogP contribution in [0.25, 0.3) is 0 Å². The number of nitriles is 1. The molecule has 1 atom stereocenters. The maximum atomic E-state index is 12.0. The van der Waals surface area contributed by atoms with Crippen molar-refractivity contribution >= 4 is 27.6 Å². The Balaban J connectivity index is 1.57. The first kappa shape index (κ1) is 19.5. The minimum absolute atomic E-state index is 0.0663. The third-order valence-electron chi connectivity index (χ3n) is 5.09. The second-order valence-corrected chi connectivity index (χ2v) is 8.57. The molecular weight excluding hydrogens is 370 g/mol. The van der Waals surface area contributed by atoms with Crippen molar-refractivity contribution in [3.05, 3.63) is 24.3 Å². The predicted molar refractivity (Wildman–Crippen MR) is 100 cm³/mol. The van der Waals surface area contributed by atoms with Crippen molar-refractivity contribution in [3.63, 3.8) is 0 Å². The number of hydrogen-bond acceptors (Lipinski definition) is 6. The van der Waals surface area contributed by atoms with E-state index in [1.54, 1.807) is 0 Å². The first-order valence-electron chi connectivity index (χ1n) is 9.01. The summed E-state index contributed by atoms with van der Waals surface area (Å²) in [6, 6.07) is 9.86. The zero-order chi connectivity index (χ0) is 19.4. The van der Waals surface area contributed by atoms with Crippen LogP contribution in [-0.2, 0) is 14.9 Å². The van der Waals surface area contributed by atoms with Gasteiger partial charge in [-0.25, -0.2) is 4.79 Å². The molecular formula is C18H23N3O5S. The second-order valence-electron chi connectivity index (χ2n) is 7.00. The van der Waals surface area contributed by atoms with Crippen molar-refractivity contribution in [1.29, 1.82) is 5.26 Å². The second kappa shape index (κ2) is 8.15. The number of ether oxygens (including phenoxy) is 1. The normalized spacial score (nSPS) is 21.2. The van der Waals surface area contributed by atoms with Crippen LogP contribution in [0.4, 0.5) is 16.2 Å². The van der Waals surface area contributed by atoms with E-state index in [9.17, 15) is 13.2 Å². The Kier molecular flexibility index (Phi) is 5.87. The van der Waals surface area contributed by atoms with Gasteiger partial charge in [-0.2, -0.15) is 13.7 Å². The average molecular weight is 393 g/mol. The van der Waals surface area contributed by atoms with Crippen molar-refractivity contribution in [1.82, 2.24) is 0 Å². The Hall–Kier alpha value is -2.31. The van der Waals surface area contributed by atoms with Crippen LogP contribution in [0, 0.1) is 17.2 Å². The number of cyclic esters (lactones) is 1. The van der Waals surface area contributed by atoms with Crippen LogP contribution in [0.3, 0.4) is 0 Å². The molecule has 1 aromatic rings. The topological polar surface area (TPSA) is 111 Å². The van der Waals surface area contributed by atoms with Gasteiger partial charge in [0, 0.05) is 37.3 Å². The van der Waals surface area contributed by atoms with E-state index in [2.05, 4.69) is 11.0 Å². The number of nitrogens with zero attached hydrogens (tertiary/aromatic N) is 3. The number of benzene rings is 1. The molecule has 1 amide bonds. The van der Waals surface area contributed by atoms with Gasteiger partial charge in [0.1, 0.15) is 6.10 Å². The monoisotopic (exact) mass is 393 g/mol. The fourth-order valence-corrected chi connectivity index (χ4v) is 4.09. The molecule has 0 unspecified atom stereocenters. The fraction of sp³-hybridized carbons (Fsp3) is 0.556. The van der Waals surface area contributed by atoms with Gasteiger partial charge in [-0.3, -0.25) is 9.45 Å². The molecule has 146 valence electrons. The maximum Gasteiger partial charge on any atom is 0.414 e. The highest BCUT2D eigenvalue weighted by Crippen LogP contribution is 2.28. The van der Waals surface area contributed by atoms with E-state index in [4.69, 9.17) is 14.6 Å². The van der Waals surface area contributed by atoms with E-state index in [1.807, 2.05) is 24.3 Å². The van der Waals surface area contributed by atoms with Crippen LogP contribution < -0.4 is 9.80 Å². The minimum Gasteiger partial charge on any atom is -0.444 e. The molecule has 2 saturated heterocycles. The predicted octanol–water partition coefficient (Wildman–Crippen LogP) is 2.42. The highest BCUT2D eigenvalue weighted by Gasteiger charge is 2.33. The van der Waals surface area contributed by atoms with Gasteiger partial charge >= 0.3 is 6.09 Å². The Morgan fingerprint density at radius 1 is 1.19 bits per heavy atom. The van der Waals surface area contributed by atoms with Crippen LogP contribution in [-0.4, -0.2) is 50.6 Å². The summed E-state index contributed by atoms with van der Waals surface area (Å²) in [6.07, 6.45) is 1.62. The van der Waals surface area contributed by atoms with Gasteiger partial charge in [-0.1, -0.05) is 0 Å². The van der Waals surface area contributed by atoms with Crippen LogP contribution in [0.2, 0.25) is 0 Å². The van der Waals surface area contributed by atoms with Crippen molar-refractivity contribution in [2.45, 2.75) is 31.8 Å². The van der Waals surface area contributed by atoms with Crippen molar-refractivity contribution in [2.75, 3.05) is 35.2 Å². The molecule has 0 aliphatic carbocycles. The molecule has 0 aromatic heterocycles. The molecule has 9 heteroatoms. The van der Waals surface area contributed by atoms with Crippen LogP contribution in [0.5, 0.6) is 0 Å². The fourth-order valence-electron chi connectivity index (χ4n) is 3.53. The lowest BCUT2D eigenvalue weighted by molar-refractivity contribution is 0.139. The van der Waals surface area contributed by atoms with Crippen molar-refractivity contribution in [2.24, 2.45) is 5.92 Å². The van der Waals surface area contributed by atoms with E-state index in [-0.39, 0.29) is 13.0 Å². The van der Waals surface area contributed by atoms with Crippen molar-refractivity contribution in [3.8, 4) is 6.07 Å². The molecule has 1 aromatic carbocycles. The Morgan fingerprint density at radius 3 is 2.41 bits per heavy atom. The first-order valence-corrected chi connectivity index (χ1v) is 10.6. The zero-order valence-electron chi connectivity index (χ0n) is 15.0. The molecule has 2 aliphatic rings. The molecule has 1 N–H and O–H groups in total. The summed E-state index contributed by atoms with van der Waals surface area (Å²) in [5, 5.41) is 8.80. The van der Waals surface area contributed by atoms with Crippen molar-refractivity contribution < 1.29 is 22.5 Å². The van der Waals surface area contributed by atoms with E-state index in [0.717, 1.165) is 31.6 Å². The van der Waals surface area contributed by atoms with E-state index in [0.29, 0.717) is 18.0 Å². The lowest BCUT2D eigenvalue weighted by Gasteiger charge is -2.33. The summed E-state index contributed by atoms with van der Waals surface area (Å²) < 4.78 is 35.7. The number of amides is 1. The summed E-state index contributed by atoms with van der Waals surface area (Å²) >= 11 is 0. The third kappa shape index (κ3) is 5.11. The summed E-state index contributed by atoms with van der Waals surface area (Å²) in [7, 11) is -4.07. The molecule has 27 heavy (non-hydrogen) atoms. The molecule has 0 radical (unpaired) electrons. The number of carbonyl (C=O) groups excluding carboxylic acids is 1. The van der Waals surface area contributed by atoms with E-state index >= 15 is 0 Å². The third-order valence-corrected chi connectivity index (χ3v) is 5.84. The standard InChI is InChI=1S/C18H23N3O5S/c19-9-5-14-6-10-20(11-7-14)15-1-3-16(4-2-15)21-13-17(26-18(21)22)8-12-27(23,24)25/h1-4,14,17H,5-8,10-13H2,(H,23,24,25)/t17-/m0/s1. The number of piperidine rings is 1. The minimum atomic E-state index is -4.07. The molecule has 0 bridgehead atoms. The van der Waals surface area contributed by atoms with Gasteiger partial charge in [0.05, 0.1) is 18.4 Å². The Labute approximate surface area is 159 Å². The van der Waals surface area contributed by atoms with E-state index in [1.165, 1.54) is 4.90 Å². The Bertz CT molecular complexity index is 810. The first-order chi connectivity index (χ1) is 12.9. The number of carbonyl (C=O) groups is 1. The smallest absolute Gasteiger partial charge is 0.414 e. The highest BCUT2D eigenvalue weighted by atomic mass is 32.2. The Morgan fingerprint density at radius 2 is 1.81 bits per heavy atom. The quantitative estimate of drug-likeness (QED) is 0.739. The molecule has 0 saturated carbocycles. The largest absolute Gasteiger partial charge is 0.444 e. The molecule has 2 heterocycles. The maximum absolute atomic E-state index is 12.0.